The van der Waals surface area contributed by atoms with Crippen molar-refractivity contribution in [2.24, 2.45) is 0 Å². The van der Waals surface area contributed by atoms with Gasteiger partial charge in [0.1, 0.15) is 0 Å². The van der Waals surface area contributed by atoms with E-state index >= 15 is 0 Å². The van der Waals surface area contributed by atoms with Crippen molar-refractivity contribution in [3.05, 3.63) is 54.2 Å². The van der Waals surface area contributed by atoms with Crippen LogP contribution in [0.1, 0.15) is 24.1 Å². The van der Waals surface area contributed by atoms with Gasteiger partial charge in [0.2, 0.25) is 5.95 Å². The molecule has 121 valence electrons. The third-order valence-electron chi connectivity index (χ3n) is 3.99. The first kappa shape index (κ1) is 19.2. The molecule has 0 bridgehead atoms. The third kappa shape index (κ3) is 4.59. The van der Waals surface area contributed by atoms with Gasteiger partial charge in [0.25, 0.3) is 0 Å². The average molecular weight is 430 g/mol. The minimum absolute atomic E-state index is 0. The van der Waals surface area contributed by atoms with Gasteiger partial charge in [-0.15, -0.1) is 34.0 Å². The van der Waals surface area contributed by atoms with Crippen molar-refractivity contribution in [2.75, 3.05) is 18.0 Å². The Hall–Kier alpha value is -0.810. The van der Waals surface area contributed by atoms with Crippen LogP contribution in [0.2, 0.25) is 0 Å². The van der Waals surface area contributed by atoms with Gasteiger partial charge in [0.05, 0.1) is 6.20 Å². The molecule has 0 amide bonds. The van der Waals surface area contributed by atoms with Gasteiger partial charge in [-0.1, -0.05) is 30.3 Å². The Morgan fingerprint density at radius 1 is 1.05 bits per heavy atom. The Kier molecular flexibility index (Phi) is 8.18. The summed E-state index contributed by atoms with van der Waals surface area (Å²) in [4.78, 5) is 7.04. The molecule has 0 N–H and O–H groups in total. The normalized spacial score (nSPS) is 14.1. The maximum Gasteiger partial charge on any atom is 0.205 e. The average Bonchev–Trinajstić information content (AvgIpc) is 2.88. The van der Waals surface area contributed by atoms with E-state index in [0.717, 1.165) is 32.0 Å². The lowest BCUT2D eigenvalue weighted by Gasteiger charge is -2.28. The predicted octanol–water partition coefficient (Wildman–Crippen LogP) is 4.39. The van der Waals surface area contributed by atoms with Crippen molar-refractivity contribution < 1.29 is 0 Å². The lowest BCUT2D eigenvalue weighted by atomic mass is 10.1. The van der Waals surface area contributed by atoms with Crippen LogP contribution < -0.4 is 4.90 Å². The van der Waals surface area contributed by atoms with Gasteiger partial charge in [-0.25, -0.2) is 4.98 Å². The molecule has 0 saturated carbocycles. The summed E-state index contributed by atoms with van der Waals surface area (Å²) >= 11 is 0. The van der Waals surface area contributed by atoms with E-state index in [1.807, 2.05) is 6.20 Å². The van der Waals surface area contributed by atoms with Crippen molar-refractivity contribution in [1.82, 2.24) is 9.55 Å². The fraction of sp³-hybridized carbons (Fsp3) is 0.412. The van der Waals surface area contributed by atoms with E-state index < -0.39 is 0 Å². The first-order valence-electron chi connectivity index (χ1n) is 7.47. The predicted molar refractivity (Wildman–Crippen MR) is 104 cm³/mol. The summed E-state index contributed by atoms with van der Waals surface area (Å²) in [5.74, 6) is 1.14. The van der Waals surface area contributed by atoms with Crippen LogP contribution in [0.25, 0.3) is 0 Å². The van der Waals surface area contributed by atoms with Crippen molar-refractivity contribution in [3.63, 3.8) is 0 Å². The fourth-order valence-electron chi connectivity index (χ4n) is 2.81. The highest BCUT2D eigenvalue weighted by atomic mass is 79.9. The molecule has 1 radical (unpaired) electrons. The highest BCUT2D eigenvalue weighted by Crippen LogP contribution is 2.20. The quantitative estimate of drug-likeness (QED) is 0.718. The van der Waals surface area contributed by atoms with Crippen molar-refractivity contribution in [2.45, 2.75) is 32.7 Å². The molecule has 3 rings (SSSR count). The Morgan fingerprint density at radius 2 is 1.73 bits per heavy atom. The van der Waals surface area contributed by atoms with Crippen LogP contribution in [-0.2, 0) is 13.0 Å². The number of hydrogen-bond acceptors (Lipinski definition) is 2. The number of aromatic nitrogens is 2. The van der Waals surface area contributed by atoms with E-state index in [1.54, 1.807) is 0 Å². The van der Waals surface area contributed by atoms with Gasteiger partial charge < -0.3 is 9.47 Å². The molecule has 0 aliphatic carbocycles. The lowest BCUT2D eigenvalue weighted by Crippen LogP contribution is -2.32. The van der Waals surface area contributed by atoms with Gasteiger partial charge in [0.15, 0.2) is 0 Å². The van der Waals surface area contributed by atoms with Gasteiger partial charge >= 0.3 is 0 Å². The summed E-state index contributed by atoms with van der Waals surface area (Å²) in [5, 5.41) is 0. The molecule has 0 unspecified atom stereocenters. The highest BCUT2D eigenvalue weighted by molar-refractivity contribution is 8.93. The van der Waals surface area contributed by atoms with Crippen LogP contribution in [0, 0.1) is 13.3 Å². The van der Waals surface area contributed by atoms with Crippen LogP contribution in [0.15, 0.2) is 36.5 Å². The van der Waals surface area contributed by atoms with Gasteiger partial charge in [-0.3, -0.25) is 0 Å². The van der Waals surface area contributed by atoms with E-state index in [9.17, 15) is 0 Å². The number of halogens is 2. The van der Waals surface area contributed by atoms with Crippen LogP contribution in [-0.4, -0.2) is 22.6 Å². The molecule has 2 aromatic rings. The number of anilines is 1. The number of aryl methyl sites for hydroxylation is 2. The zero-order valence-corrected chi connectivity index (χ0v) is 16.4. The van der Waals surface area contributed by atoms with Crippen LogP contribution in [0.5, 0.6) is 0 Å². The topological polar surface area (TPSA) is 21.1 Å². The Morgan fingerprint density at radius 3 is 2.41 bits per heavy atom. The Balaban J connectivity index is 0.00000121. The van der Waals surface area contributed by atoms with E-state index in [-0.39, 0.29) is 34.0 Å². The minimum Gasteiger partial charge on any atom is -0.342 e. The van der Waals surface area contributed by atoms with Crippen molar-refractivity contribution >= 4 is 39.9 Å². The van der Waals surface area contributed by atoms with Gasteiger partial charge in [-0.2, -0.15) is 0 Å². The largest absolute Gasteiger partial charge is 0.342 e. The number of rotatable bonds is 4. The minimum atomic E-state index is 0. The number of hydrogen-bond donors (Lipinski definition) is 0. The fourth-order valence-corrected chi connectivity index (χ4v) is 2.81. The van der Waals surface area contributed by atoms with E-state index in [4.69, 9.17) is 0 Å². The molecular weight excluding hydrogens is 406 g/mol. The SMILES string of the molecule is Br.Br.Cc1cnc(N2CC[CH]CC2)n1CCc1ccccc1. The number of nitrogens with zero attached hydrogens (tertiary/aromatic N) is 3. The van der Waals surface area contributed by atoms with Crippen molar-refractivity contribution in [3.8, 4) is 0 Å². The zero-order chi connectivity index (χ0) is 13.8. The summed E-state index contributed by atoms with van der Waals surface area (Å²) < 4.78 is 2.36. The number of benzene rings is 1. The molecule has 1 fully saturated rings. The van der Waals surface area contributed by atoms with Crippen LogP contribution in [0.3, 0.4) is 0 Å². The molecule has 0 atom stereocenters. The molecule has 1 aromatic carbocycles. The van der Waals surface area contributed by atoms with E-state index in [2.05, 4.69) is 58.1 Å². The van der Waals surface area contributed by atoms with Gasteiger partial charge in [-0.05, 0) is 38.2 Å². The van der Waals surface area contributed by atoms with E-state index in [1.165, 1.54) is 24.1 Å². The van der Waals surface area contributed by atoms with Crippen LogP contribution >= 0.6 is 34.0 Å². The molecular formula is C17H24Br2N3. The summed E-state index contributed by atoms with van der Waals surface area (Å²) in [6.07, 6.45) is 7.78. The molecule has 0 spiro atoms. The standard InChI is InChI=1S/C17H22N3.2BrH/c1-15-14-18-17(19-11-6-3-7-12-19)20(15)13-10-16-8-4-2-5-9-16;;/h2-5,8-9,14H,6-7,10-13H2,1H3;2*1H. The molecule has 1 saturated heterocycles. The summed E-state index contributed by atoms with van der Waals surface area (Å²) in [7, 11) is 0. The smallest absolute Gasteiger partial charge is 0.205 e. The highest BCUT2D eigenvalue weighted by Gasteiger charge is 2.17. The zero-order valence-electron chi connectivity index (χ0n) is 12.9. The summed E-state index contributed by atoms with van der Waals surface area (Å²) in [5.41, 5.74) is 2.64. The second-order valence-corrected chi connectivity index (χ2v) is 5.44. The number of piperidine rings is 1. The first-order valence-corrected chi connectivity index (χ1v) is 7.47. The van der Waals surface area contributed by atoms with Crippen LogP contribution in [0.4, 0.5) is 5.95 Å². The Bertz CT molecular complexity index is 548. The molecule has 1 aliphatic rings. The molecule has 1 aromatic heterocycles. The second kappa shape index (κ2) is 9.36. The Labute approximate surface area is 154 Å². The van der Waals surface area contributed by atoms with Gasteiger partial charge in [0, 0.05) is 25.3 Å². The summed E-state index contributed by atoms with van der Waals surface area (Å²) in [6, 6.07) is 10.7. The summed E-state index contributed by atoms with van der Waals surface area (Å²) in [6.45, 7) is 5.35. The maximum absolute atomic E-state index is 4.63. The maximum atomic E-state index is 4.63. The van der Waals surface area contributed by atoms with E-state index in [0.29, 0.717) is 0 Å². The molecule has 3 nitrogen and oxygen atoms in total. The molecule has 2 heterocycles. The lowest BCUT2D eigenvalue weighted by molar-refractivity contribution is 0.612. The second-order valence-electron chi connectivity index (χ2n) is 5.44. The third-order valence-corrected chi connectivity index (χ3v) is 3.99. The number of imidazole rings is 1. The molecule has 22 heavy (non-hydrogen) atoms. The monoisotopic (exact) mass is 428 g/mol. The first-order chi connectivity index (χ1) is 9.84. The molecule has 1 aliphatic heterocycles. The molecule has 5 heteroatoms. The van der Waals surface area contributed by atoms with Crippen molar-refractivity contribution in [1.29, 1.82) is 0 Å².